The third-order valence-corrected chi connectivity index (χ3v) is 4.55. The summed E-state index contributed by atoms with van der Waals surface area (Å²) in [5.41, 5.74) is 1.75. The van der Waals surface area contributed by atoms with E-state index in [1.54, 1.807) is 12.1 Å². The van der Waals surface area contributed by atoms with E-state index < -0.39 is 0 Å². The average Bonchev–Trinajstić information content (AvgIpc) is 2.62. The molecule has 4 nitrogen and oxygen atoms in total. The standard InChI is InChI=1S/C20H24FN3O/c21-17-8-6-7-16(13-17)15-24-12-5-4-11-19(24)14-22-20(25)23-18-9-2-1-3-10-18/h1-3,6-10,13,19H,4-5,11-12,14-15H2,(H2,22,23,25). The van der Waals surface area contributed by atoms with Crippen LogP contribution in [0.2, 0.25) is 0 Å². The van der Waals surface area contributed by atoms with Gasteiger partial charge in [0.05, 0.1) is 0 Å². The predicted molar refractivity (Wildman–Crippen MR) is 97.9 cm³/mol. The normalized spacial score (nSPS) is 17.9. The van der Waals surface area contributed by atoms with Gasteiger partial charge >= 0.3 is 6.03 Å². The quantitative estimate of drug-likeness (QED) is 0.863. The van der Waals surface area contributed by atoms with Gasteiger partial charge in [-0.1, -0.05) is 36.8 Å². The molecule has 2 N–H and O–H groups in total. The lowest BCUT2D eigenvalue weighted by Crippen LogP contribution is -2.47. The fourth-order valence-electron chi connectivity index (χ4n) is 3.28. The van der Waals surface area contributed by atoms with E-state index in [2.05, 4.69) is 15.5 Å². The number of benzene rings is 2. The number of nitrogens with one attached hydrogen (secondary N) is 2. The number of hydrogen-bond donors (Lipinski definition) is 2. The van der Waals surface area contributed by atoms with E-state index in [1.165, 1.54) is 6.07 Å². The number of halogens is 1. The van der Waals surface area contributed by atoms with Gasteiger partial charge in [-0.15, -0.1) is 0 Å². The summed E-state index contributed by atoms with van der Waals surface area (Å²) in [6.45, 7) is 2.28. The van der Waals surface area contributed by atoms with Crippen LogP contribution in [-0.4, -0.2) is 30.1 Å². The number of carbonyl (C=O) groups is 1. The maximum absolute atomic E-state index is 13.4. The van der Waals surface area contributed by atoms with E-state index in [0.29, 0.717) is 13.1 Å². The molecule has 0 spiro atoms. The Labute approximate surface area is 148 Å². The van der Waals surface area contributed by atoms with Gasteiger partial charge in [-0.2, -0.15) is 0 Å². The minimum Gasteiger partial charge on any atom is -0.336 e. The van der Waals surface area contributed by atoms with E-state index in [0.717, 1.165) is 37.1 Å². The molecule has 0 bridgehead atoms. The Bertz CT molecular complexity index is 692. The lowest BCUT2D eigenvalue weighted by Gasteiger charge is -2.35. The third kappa shape index (κ3) is 5.29. The maximum Gasteiger partial charge on any atom is 0.319 e. The van der Waals surface area contributed by atoms with Crippen molar-refractivity contribution >= 4 is 11.7 Å². The molecule has 1 aliphatic heterocycles. The zero-order chi connectivity index (χ0) is 17.5. The molecule has 0 radical (unpaired) electrons. The molecule has 0 saturated carbocycles. The fourth-order valence-corrected chi connectivity index (χ4v) is 3.28. The number of para-hydroxylation sites is 1. The van der Waals surface area contributed by atoms with Crippen LogP contribution < -0.4 is 10.6 Å². The number of nitrogens with zero attached hydrogens (tertiary/aromatic N) is 1. The molecule has 1 heterocycles. The lowest BCUT2D eigenvalue weighted by molar-refractivity contribution is 0.139. The minimum absolute atomic E-state index is 0.192. The molecule has 0 aliphatic carbocycles. The van der Waals surface area contributed by atoms with Gasteiger partial charge in [0.2, 0.25) is 0 Å². The zero-order valence-corrected chi connectivity index (χ0v) is 14.2. The Kier molecular flexibility index (Phi) is 6.01. The first-order valence-corrected chi connectivity index (χ1v) is 8.79. The van der Waals surface area contributed by atoms with Crippen molar-refractivity contribution in [1.82, 2.24) is 10.2 Å². The summed E-state index contributed by atoms with van der Waals surface area (Å²) in [7, 11) is 0. The molecule has 1 fully saturated rings. The van der Waals surface area contributed by atoms with Crippen LogP contribution in [-0.2, 0) is 6.54 Å². The molecule has 1 atom stereocenters. The number of urea groups is 1. The second-order valence-electron chi connectivity index (χ2n) is 6.45. The lowest BCUT2D eigenvalue weighted by atomic mass is 10.0. The third-order valence-electron chi connectivity index (χ3n) is 4.55. The van der Waals surface area contributed by atoms with Gasteiger partial charge in [0.1, 0.15) is 5.82 Å². The van der Waals surface area contributed by atoms with Gasteiger partial charge in [0.15, 0.2) is 0 Å². The van der Waals surface area contributed by atoms with E-state index >= 15 is 0 Å². The van der Waals surface area contributed by atoms with E-state index in [4.69, 9.17) is 0 Å². The Morgan fingerprint density at radius 2 is 1.96 bits per heavy atom. The smallest absolute Gasteiger partial charge is 0.319 e. The van der Waals surface area contributed by atoms with Crippen molar-refractivity contribution in [2.24, 2.45) is 0 Å². The summed E-state index contributed by atoms with van der Waals surface area (Å²) >= 11 is 0. The summed E-state index contributed by atoms with van der Waals surface area (Å²) in [6.07, 6.45) is 3.34. The van der Waals surface area contributed by atoms with Gasteiger partial charge in [-0.05, 0) is 49.2 Å². The molecule has 2 aromatic carbocycles. The monoisotopic (exact) mass is 341 g/mol. The Balaban J connectivity index is 1.53. The van der Waals surface area contributed by atoms with Crippen LogP contribution in [0.1, 0.15) is 24.8 Å². The summed E-state index contributed by atoms with van der Waals surface area (Å²) in [5.74, 6) is -0.202. The SMILES string of the molecule is O=C(NCC1CCCCN1Cc1cccc(F)c1)Nc1ccccc1. The van der Waals surface area contributed by atoms with Crippen LogP contribution >= 0.6 is 0 Å². The zero-order valence-electron chi connectivity index (χ0n) is 14.2. The molecule has 2 amide bonds. The van der Waals surface area contributed by atoms with Crippen LogP contribution in [0.4, 0.5) is 14.9 Å². The van der Waals surface area contributed by atoms with Crippen molar-refractivity contribution in [3.63, 3.8) is 0 Å². The van der Waals surface area contributed by atoms with Crippen LogP contribution in [0.25, 0.3) is 0 Å². The average molecular weight is 341 g/mol. The van der Waals surface area contributed by atoms with Gasteiger partial charge in [0.25, 0.3) is 0 Å². The van der Waals surface area contributed by atoms with Crippen LogP contribution in [0.3, 0.4) is 0 Å². The molecule has 1 unspecified atom stereocenters. The van der Waals surface area contributed by atoms with Gasteiger partial charge in [-0.25, -0.2) is 9.18 Å². The van der Waals surface area contributed by atoms with E-state index in [-0.39, 0.29) is 17.9 Å². The molecule has 1 aliphatic rings. The number of piperidine rings is 1. The topological polar surface area (TPSA) is 44.4 Å². The molecule has 3 rings (SSSR count). The highest BCUT2D eigenvalue weighted by atomic mass is 19.1. The summed E-state index contributed by atoms with van der Waals surface area (Å²) in [4.78, 5) is 14.4. The molecule has 132 valence electrons. The molecule has 2 aromatic rings. The van der Waals surface area contributed by atoms with Crippen LogP contribution in [0.5, 0.6) is 0 Å². The van der Waals surface area contributed by atoms with Gasteiger partial charge < -0.3 is 10.6 Å². The second kappa shape index (κ2) is 8.62. The van der Waals surface area contributed by atoms with Crippen molar-refractivity contribution in [2.45, 2.75) is 31.8 Å². The summed E-state index contributed by atoms with van der Waals surface area (Å²) in [5, 5.41) is 5.80. The molecule has 1 saturated heterocycles. The minimum atomic E-state index is -0.202. The van der Waals surface area contributed by atoms with Crippen molar-refractivity contribution < 1.29 is 9.18 Å². The first-order valence-electron chi connectivity index (χ1n) is 8.79. The number of anilines is 1. The second-order valence-corrected chi connectivity index (χ2v) is 6.45. The Morgan fingerprint density at radius 1 is 1.12 bits per heavy atom. The number of hydrogen-bond acceptors (Lipinski definition) is 2. The van der Waals surface area contributed by atoms with E-state index in [1.807, 2.05) is 36.4 Å². The maximum atomic E-state index is 13.4. The van der Waals surface area contributed by atoms with Crippen LogP contribution in [0.15, 0.2) is 54.6 Å². The number of amides is 2. The van der Waals surface area contributed by atoms with Crippen molar-refractivity contribution in [2.75, 3.05) is 18.4 Å². The molecular formula is C20H24FN3O. The summed E-state index contributed by atoms with van der Waals surface area (Å²) < 4.78 is 13.4. The molecule has 5 heteroatoms. The highest BCUT2D eigenvalue weighted by molar-refractivity contribution is 5.89. The number of rotatable bonds is 5. The van der Waals surface area contributed by atoms with Gasteiger partial charge in [-0.3, -0.25) is 4.90 Å². The molecule has 0 aromatic heterocycles. The summed E-state index contributed by atoms with van der Waals surface area (Å²) in [6, 6.07) is 16.2. The Morgan fingerprint density at radius 3 is 2.76 bits per heavy atom. The Hall–Kier alpha value is -2.40. The van der Waals surface area contributed by atoms with E-state index in [9.17, 15) is 9.18 Å². The first-order chi connectivity index (χ1) is 12.2. The van der Waals surface area contributed by atoms with Crippen molar-refractivity contribution in [3.8, 4) is 0 Å². The van der Waals surface area contributed by atoms with Gasteiger partial charge in [0, 0.05) is 24.8 Å². The fraction of sp³-hybridized carbons (Fsp3) is 0.350. The highest BCUT2D eigenvalue weighted by Crippen LogP contribution is 2.19. The van der Waals surface area contributed by atoms with Crippen molar-refractivity contribution in [3.05, 3.63) is 66.0 Å². The van der Waals surface area contributed by atoms with Crippen LogP contribution in [0, 0.1) is 5.82 Å². The number of carbonyl (C=O) groups excluding carboxylic acids is 1. The first kappa shape index (κ1) is 17.4. The predicted octanol–water partition coefficient (Wildman–Crippen LogP) is 4.00. The van der Waals surface area contributed by atoms with Crippen molar-refractivity contribution in [1.29, 1.82) is 0 Å². The number of likely N-dealkylation sites (tertiary alicyclic amines) is 1. The highest BCUT2D eigenvalue weighted by Gasteiger charge is 2.23. The molecular weight excluding hydrogens is 317 g/mol. The molecule has 25 heavy (non-hydrogen) atoms. The largest absolute Gasteiger partial charge is 0.336 e.